The van der Waals surface area contributed by atoms with Gasteiger partial charge in [0.2, 0.25) is 0 Å². The Hall–Kier alpha value is -2.95. The van der Waals surface area contributed by atoms with E-state index in [0.29, 0.717) is 31.5 Å². The summed E-state index contributed by atoms with van der Waals surface area (Å²) in [5.74, 6) is -1.14. The summed E-state index contributed by atoms with van der Waals surface area (Å²) in [5.41, 5.74) is 2.25. The number of ether oxygens (including phenoxy) is 3. The van der Waals surface area contributed by atoms with E-state index in [-0.39, 0.29) is 42.4 Å². The van der Waals surface area contributed by atoms with Gasteiger partial charge in [-0.05, 0) is 81.0 Å². The van der Waals surface area contributed by atoms with Crippen LogP contribution in [0, 0.1) is 17.7 Å². The minimum atomic E-state index is -0.864. The van der Waals surface area contributed by atoms with Gasteiger partial charge in [-0.15, -0.1) is 0 Å². The molecule has 1 aromatic rings. The van der Waals surface area contributed by atoms with Gasteiger partial charge < -0.3 is 34.0 Å². The van der Waals surface area contributed by atoms with Gasteiger partial charge in [-0.1, -0.05) is 26.0 Å². The van der Waals surface area contributed by atoms with Crippen molar-refractivity contribution in [1.29, 1.82) is 0 Å². The molecule has 4 aliphatic heterocycles. The topological polar surface area (TPSA) is 91.8 Å². The first-order valence-electron chi connectivity index (χ1n) is 16.1. The molecule has 0 saturated carbocycles. The van der Waals surface area contributed by atoms with Gasteiger partial charge in [0.05, 0.1) is 24.7 Å². The number of hydrogen-bond donors (Lipinski definition) is 1. The molecular formula is C34H48FN3O6. The molecule has 3 saturated heterocycles. The van der Waals surface area contributed by atoms with Gasteiger partial charge in [-0.2, -0.15) is 0 Å². The quantitative estimate of drug-likeness (QED) is 0.388. The molecule has 7 atom stereocenters. The number of anilines is 1. The maximum atomic E-state index is 14.8. The van der Waals surface area contributed by atoms with Crippen LogP contribution in [0.15, 0.2) is 35.9 Å². The zero-order chi connectivity index (χ0) is 31.4. The van der Waals surface area contributed by atoms with Crippen LogP contribution in [0.5, 0.6) is 0 Å². The van der Waals surface area contributed by atoms with Crippen molar-refractivity contribution in [2.24, 2.45) is 11.8 Å². The molecular weight excluding hydrogens is 565 g/mol. The van der Waals surface area contributed by atoms with E-state index in [1.165, 1.54) is 6.07 Å². The third kappa shape index (κ3) is 8.40. The van der Waals surface area contributed by atoms with Gasteiger partial charge in [0.1, 0.15) is 18.0 Å². The molecule has 0 unspecified atom stereocenters. The number of piperazine rings is 1. The number of benzene rings is 1. The van der Waals surface area contributed by atoms with E-state index < -0.39 is 24.3 Å². The van der Waals surface area contributed by atoms with Gasteiger partial charge in [0.25, 0.3) is 0 Å². The predicted molar refractivity (Wildman–Crippen MR) is 167 cm³/mol. The van der Waals surface area contributed by atoms with Gasteiger partial charge in [-0.25, -0.2) is 9.18 Å². The molecule has 1 aromatic carbocycles. The average molecular weight is 614 g/mol. The molecule has 1 amide bonds. The van der Waals surface area contributed by atoms with E-state index in [9.17, 15) is 19.1 Å². The highest BCUT2D eigenvalue weighted by Gasteiger charge is 2.34. The molecule has 4 aliphatic rings. The van der Waals surface area contributed by atoms with Crippen LogP contribution in [0.3, 0.4) is 0 Å². The van der Waals surface area contributed by atoms with Crippen LogP contribution in [0.1, 0.15) is 58.4 Å². The summed E-state index contributed by atoms with van der Waals surface area (Å²) in [6.07, 6.45) is 6.62. The van der Waals surface area contributed by atoms with E-state index in [1.54, 1.807) is 11.0 Å². The molecule has 1 N–H and O–H groups in total. The number of carbonyl (C=O) groups excluding carboxylic acids is 2. The Bertz CT molecular complexity index is 1220. The van der Waals surface area contributed by atoms with Crippen LogP contribution >= 0.6 is 0 Å². The number of nitrogens with zero attached hydrogens (tertiary/aromatic N) is 3. The van der Waals surface area contributed by atoms with Gasteiger partial charge in [0.15, 0.2) is 0 Å². The van der Waals surface area contributed by atoms with E-state index in [2.05, 4.69) is 9.80 Å². The summed E-state index contributed by atoms with van der Waals surface area (Å²) in [4.78, 5) is 32.1. The van der Waals surface area contributed by atoms with Crippen molar-refractivity contribution in [1.82, 2.24) is 9.80 Å². The highest BCUT2D eigenvalue weighted by Crippen LogP contribution is 2.32. The molecule has 0 aliphatic carbocycles. The second-order valence-corrected chi connectivity index (χ2v) is 13.2. The van der Waals surface area contributed by atoms with E-state index >= 15 is 0 Å². The second-order valence-electron chi connectivity index (χ2n) is 13.2. The fraction of sp³-hybridized carbons (Fsp3) is 0.647. The molecule has 44 heavy (non-hydrogen) atoms. The normalized spacial score (nSPS) is 33.3. The molecule has 0 spiro atoms. The monoisotopic (exact) mass is 613 g/mol. The molecule has 0 aromatic heterocycles. The lowest BCUT2D eigenvalue weighted by molar-refractivity contribution is -0.151. The average Bonchev–Trinajstić information content (AvgIpc) is 3.32. The third-order valence-electron chi connectivity index (χ3n) is 9.41. The zero-order valence-corrected chi connectivity index (χ0v) is 26.5. The fourth-order valence-corrected chi connectivity index (χ4v) is 6.66. The van der Waals surface area contributed by atoms with Crippen molar-refractivity contribution in [3.63, 3.8) is 0 Å². The van der Waals surface area contributed by atoms with Crippen LogP contribution in [-0.4, -0.2) is 104 Å². The number of likely N-dealkylation sites (N-methyl/N-ethyl adjacent to an activating group) is 1. The number of aliphatic hydroxyl groups is 1. The highest BCUT2D eigenvalue weighted by molar-refractivity contribution is 5.71. The van der Waals surface area contributed by atoms with Crippen LogP contribution in [0.25, 0.3) is 6.08 Å². The highest BCUT2D eigenvalue weighted by atomic mass is 19.1. The minimum Gasteiger partial charge on any atom is -0.457 e. The maximum absolute atomic E-state index is 14.8. The summed E-state index contributed by atoms with van der Waals surface area (Å²) in [5, 5.41) is 10.6. The maximum Gasteiger partial charge on any atom is 0.410 e. The Kier molecular flexibility index (Phi) is 10.6. The Balaban J connectivity index is 1.35. The summed E-state index contributed by atoms with van der Waals surface area (Å²) in [7, 11) is 2.03. The Morgan fingerprint density at radius 1 is 1.02 bits per heavy atom. The number of halogens is 1. The molecule has 3 fully saturated rings. The zero-order valence-electron chi connectivity index (χ0n) is 26.5. The van der Waals surface area contributed by atoms with E-state index in [1.807, 2.05) is 52.1 Å². The first-order valence-corrected chi connectivity index (χ1v) is 16.1. The second kappa shape index (κ2) is 14.4. The number of carbonyl (C=O) groups is 2. The molecule has 5 rings (SSSR count). The van der Waals surface area contributed by atoms with Crippen molar-refractivity contribution < 1.29 is 33.3 Å². The number of hydrogen-bond acceptors (Lipinski definition) is 8. The standard InChI is InChI=1S/C34H48FN3O6/c1-22-5-7-28(39)19-32(40)44-33(23(2)6-10-31(22)43-34(41)37-13-11-36(4)12-14-37)24(3)15-25-16-26(35)18-27(17-25)38-20-29-8-9-30(21-38)42-29/h6,10,15-18,22-23,28-31,33,39H,5,7-9,11-14,19-21H2,1-4H3/b10-6-,24-15+/t22-,23-,28+,29-,30+,31-,33-/m0/s1. The first kappa shape index (κ1) is 32.4. The molecule has 2 bridgehead atoms. The van der Waals surface area contributed by atoms with Crippen molar-refractivity contribution in [2.75, 3.05) is 51.2 Å². The van der Waals surface area contributed by atoms with Crippen LogP contribution in [0.4, 0.5) is 14.9 Å². The van der Waals surface area contributed by atoms with Crippen molar-refractivity contribution in [2.45, 2.75) is 83.4 Å². The Morgan fingerprint density at radius 3 is 2.43 bits per heavy atom. The van der Waals surface area contributed by atoms with Gasteiger partial charge in [-0.3, -0.25) is 4.79 Å². The number of aliphatic hydroxyl groups excluding tert-OH is 1. The van der Waals surface area contributed by atoms with E-state index in [4.69, 9.17) is 14.2 Å². The van der Waals surface area contributed by atoms with Gasteiger partial charge >= 0.3 is 12.1 Å². The Morgan fingerprint density at radius 2 is 1.73 bits per heavy atom. The lowest BCUT2D eigenvalue weighted by Crippen LogP contribution is -2.48. The summed E-state index contributed by atoms with van der Waals surface area (Å²) in [6, 6.07) is 5.01. The first-order chi connectivity index (χ1) is 21.0. The number of rotatable bonds is 4. The molecule has 4 heterocycles. The fourth-order valence-electron chi connectivity index (χ4n) is 6.66. The van der Waals surface area contributed by atoms with Crippen LogP contribution in [-0.2, 0) is 19.0 Å². The summed E-state index contributed by atoms with van der Waals surface area (Å²) >= 11 is 0. The molecule has 9 nitrogen and oxygen atoms in total. The van der Waals surface area contributed by atoms with Crippen LogP contribution in [0.2, 0.25) is 0 Å². The van der Waals surface area contributed by atoms with Crippen molar-refractivity contribution >= 4 is 23.8 Å². The largest absolute Gasteiger partial charge is 0.457 e. The number of morpholine rings is 1. The van der Waals surface area contributed by atoms with Crippen LogP contribution < -0.4 is 4.90 Å². The third-order valence-corrected chi connectivity index (χ3v) is 9.41. The predicted octanol–water partition coefficient (Wildman–Crippen LogP) is 4.63. The van der Waals surface area contributed by atoms with Crippen molar-refractivity contribution in [3.05, 3.63) is 47.3 Å². The lowest BCUT2D eigenvalue weighted by atomic mass is 9.91. The SMILES string of the molecule is C/C(=C\c1cc(F)cc(N2C[C@H]3CC[C@@H](C2)O3)c1)[C@H]1OC(=O)C[C@H](O)CC[C@H](C)[C@@H](OC(=O)N2CCN(C)CC2)/C=C\[C@@H]1C. The molecule has 0 radical (unpaired) electrons. The number of cyclic esters (lactones) is 1. The van der Waals surface area contributed by atoms with Gasteiger partial charge in [0, 0.05) is 50.9 Å². The summed E-state index contributed by atoms with van der Waals surface area (Å²) < 4.78 is 32.8. The number of amides is 1. The van der Waals surface area contributed by atoms with Crippen molar-refractivity contribution in [3.8, 4) is 0 Å². The molecule has 10 heteroatoms. The summed E-state index contributed by atoms with van der Waals surface area (Å²) in [6.45, 7) is 10.1. The van der Waals surface area contributed by atoms with E-state index in [0.717, 1.165) is 50.3 Å². The minimum absolute atomic E-state index is 0.0591. The number of esters is 1. The number of fused-ring (bicyclic) bond motifs is 2. The molecule has 242 valence electrons. The Labute approximate surface area is 260 Å². The smallest absolute Gasteiger partial charge is 0.410 e. The lowest BCUT2D eigenvalue weighted by Gasteiger charge is -2.34.